The molecule has 0 atom stereocenters. The number of benzene rings is 5. The Morgan fingerprint density at radius 1 is 0.533 bits per heavy atom. The maximum absolute atomic E-state index is 5.13. The molecule has 5 aromatic carbocycles. The second-order valence-electron chi connectivity index (χ2n) is 11.4. The highest BCUT2D eigenvalue weighted by Crippen LogP contribution is 2.36. The zero-order valence-corrected chi connectivity index (χ0v) is 24.6. The molecule has 0 aliphatic carbocycles. The van der Waals surface area contributed by atoms with Crippen LogP contribution in [-0.2, 0) is 7.05 Å². The van der Waals surface area contributed by atoms with Gasteiger partial charge in [0.15, 0.2) is 0 Å². The van der Waals surface area contributed by atoms with Crippen LogP contribution in [0.4, 0.5) is 0 Å². The quantitative estimate of drug-likeness (QED) is 0.209. The molecule has 0 aliphatic rings. The van der Waals surface area contributed by atoms with Gasteiger partial charge in [-0.2, -0.15) is 0 Å². The van der Waals surface area contributed by atoms with E-state index in [-0.39, 0.29) is 0 Å². The SMILES string of the molecule is Cn1c(-c2ccc3c4cccnc4n(-c4cccc(-c5ccccn5)c4)c3c2)nc2ccc(-c3cccc4ccccc34)cc21. The minimum absolute atomic E-state index is 0.924. The van der Waals surface area contributed by atoms with E-state index in [9.17, 15) is 0 Å². The fraction of sp³-hybridized carbons (Fsp3) is 0.0250. The third-order valence-corrected chi connectivity index (χ3v) is 8.83. The average Bonchev–Trinajstić information content (AvgIpc) is 3.62. The highest BCUT2D eigenvalue weighted by Gasteiger charge is 2.17. The van der Waals surface area contributed by atoms with E-state index in [0.29, 0.717) is 0 Å². The number of nitrogens with zero attached hydrogens (tertiary/aromatic N) is 5. The molecule has 5 heteroatoms. The molecule has 0 radical (unpaired) electrons. The van der Waals surface area contributed by atoms with Crippen LogP contribution in [0.3, 0.4) is 0 Å². The van der Waals surface area contributed by atoms with Crippen LogP contribution in [0, 0.1) is 0 Å². The fourth-order valence-corrected chi connectivity index (χ4v) is 6.67. The Hall–Kier alpha value is -6.07. The second kappa shape index (κ2) is 10.00. The zero-order valence-electron chi connectivity index (χ0n) is 24.6. The molecule has 0 aliphatic heterocycles. The van der Waals surface area contributed by atoms with Crippen molar-refractivity contribution < 1.29 is 0 Å². The van der Waals surface area contributed by atoms with E-state index < -0.39 is 0 Å². The standard InChI is InChI=1S/C40H27N5/c1-44-38-24-27(32-14-7-10-26-9-2-3-13-31(26)32)18-20-36(38)43-39(44)29-17-19-33-34-15-8-22-42-40(34)45(37(33)25-29)30-12-6-11-28(23-30)35-16-4-5-21-41-35/h2-25H,1H3. The van der Waals surface area contributed by atoms with Crippen molar-refractivity contribution in [3.63, 3.8) is 0 Å². The molecule has 4 aromatic heterocycles. The molecule has 0 unspecified atom stereocenters. The topological polar surface area (TPSA) is 48.5 Å². The highest BCUT2D eigenvalue weighted by molar-refractivity contribution is 6.09. The van der Waals surface area contributed by atoms with Gasteiger partial charge in [-0.3, -0.25) is 9.55 Å². The van der Waals surface area contributed by atoms with Crippen molar-refractivity contribution in [2.45, 2.75) is 0 Å². The lowest BCUT2D eigenvalue weighted by Gasteiger charge is -2.10. The van der Waals surface area contributed by atoms with Gasteiger partial charge < -0.3 is 4.57 Å². The summed E-state index contributed by atoms with van der Waals surface area (Å²) in [6.45, 7) is 0. The van der Waals surface area contributed by atoms with Gasteiger partial charge in [0.1, 0.15) is 11.5 Å². The van der Waals surface area contributed by atoms with E-state index >= 15 is 0 Å². The summed E-state index contributed by atoms with van der Waals surface area (Å²) in [4.78, 5) is 14.5. The largest absolute Gasteiger partial charge is 0.327 e. The molecule has 0 bridgehead atoms. The molecule has 5 nitrogen and oxygen atoms in total. The van der Waals surface area contributed by atoms with Gasteiger partial charge in [0.05, 0.1) is 22.2 Å². The van der Waals surface area contributed by atoms with Crippen molar-refractivity contribution in [3.8, 4) is 39.5 Å². The van der Waals surface area contributed by atoms with E-state index in [1.807, 2.05) is 36.7 Å². The number of aromatic nitrogens is 5. The summed E-state index contributed by atoms with van der Waals surface area (Å²) in [5.41, 5.74) is 10.6. The molecule has 0 amide bonds. The van der Waals surface area contributed by atoms with Crippen LogP contribution in [0.2, 0.25) is 0 Å². The Morgan fingerprint density at radius 2 is 1.33 bits per heavy atom. The lowest BCUT2D eigenvalue weighted by atomic mass is 9.98. The maximum atomic E-state index is 5.13. The lowest BCUT2D eigenvalue weighted by molar-refractivity contribution is 0.959. The molecule has 0 spiro atoms. The van der Waals surface area contributed by atoms with Crippen molar-refractivity contribution in [1.82, 2.24) is 24.1 Å². The predicted octanol–water partition coefficient (Wildman–Crippen LogP) is 9.61. The molecule has 9 rings (SSSR count). The molecule has 0 N–H and O–H groups in total. The van der Waals surface area contributed by atoms with Gasteiger partial charge >= 0.3 is 0 Å². The van der Waals surface area contributed by atoms with Crippen LogP contribution in [0.1, 0.15) is 0 Å². The zero-order chi connectivity index (χ0) is 29.9. The fourth-order valence-electron chi connectivity index (χ4n) is 6.67. The number of fused-ring (bicyclic) bond motifs is 5. The van der Waals surface area contributed by atoms with Gasteiger partial charge in [-0.05, 0) is 76.5 Å². The molecule has 9 aromatic rings. The van der Waals surface area contributed by atoms with Crippen LogP contribution in [-0.4, -0.2) is 24.1 Å². The Labute approximate surface area is 259 Å². The number of hydrogen-bond donors (Lipinski definition) is 0. The molecular weight excluding hydrogens is 550 g/mol. The maximum Gasteiger partial charge on any atom is 0.145 e. The lowest BCUT2D eigenvalue weighted by Crippen LogP contribution is -1.97. The van der Waals surface area contributed by atoms with Gasteiger partial charge in [0.25, 0.3) is 0 Å². The number of pyridine rings is 2. The van der Waals surface area contributed by atoms with Gasteiger partial charge in [-0.15, -0.1) is 0 Å². The Balaban J connectivity index is 1.21. The summed E-state index contributed by atoms with van der Waals surface area (Å²) in [5.74, 6) is 0.925. The Kier molecular flexibility index (Phi) is 5.65. The van der Waals surface area contributed by atoms with Crippen LogP contribution in [0.15, 0.2) is 146 Å². The predicted molar refractivity (Wildman–Crippen MR) is 184 cm³/mol. The number of hydrogen-bond acceptors (Lipinski definition) is 3. The smallest absolute Gasteiger partial charge is 0.145 e. The van der Waals surface area contributed by atoms with Crippen LogP contribution in [0.25, 0.3) is 83.2 Å². The summed E-state index contributed by atoms with van der Waals surface area (Å²) in [7, 11) is 2.11. The second-order valence-corrected chi connectivity index (χ2v) is 11.4. The van der Waals surface area contributed by atoms with E-state index in [1.54, 1.807) is 0 Å². The summed E-state index contributed by atoms with van der Waals surface area (Å²) in [5, 5.41) is 4.76. The summed E-state index contributed by atoms with van der Waals surface area (Å²) in [6.07, 6.45) is 3.69. The van der Waals surface area contributed by atoms with Gasteiger partial charge in [-0.1, -0.05) is 78.9 Å². The molecule has 0 saturated heterocycles. The molecular formula is C40H27N5. The summed E-state index contributed by atoms with van der Waals surface area (Å²) in [6, 6.07) is 46.9. The number of aryl methyl sites for hydroxylation is 1. The molecule has 0 saturated carbocycles. The molecule has 45 heavy (non-hydrogen) atoms. The van der Waals surface area contributed by atoms with E-state index in [1.165, 1.54) is 21.9 Å². The first-order valence-electron chi connectivity index (χ1n) is 15.1. The number of imidazole rings is 1. The van der Waals surface area contributed by atoms with Gasteiger partial charge in [0, 0.05) is 47.0 Å². The molecule has 4 heterocycles. The first-order chi connectivity index (χ1) is 22.2. The third-order valence-electron chi connectivity index (χ3n) is 8.83. The van der Waals surface area contributed by atoms with E-state index in [2.05, 4.69) is 130 Å². The Bertz CT molecular complexity index is 2550. The summed E-state index contributed by atoms with van der Waals surface area (Å²) >= 11 is 0. The van der Waals surface area contributed by atoms with Crippen molar-refractivity contribution in [2.75, 3.05) is 0 Å². The van der Waals surface area contributed by atoms with E-state index in [0.717, 1.165) is 61.3 Å². The number of rotatable bonds is 4. The van der Waals surface area contributed by atoms with Crippen LogP contribution < -0.4 is 0 Å². The van der Waals surface area contributed by atoms with E-state index in [4.69, 9.17) is 9.97 Å². The third kappa shape index (κ3) is 4.05. The van der Waals surface area contributed by atoms with Crippen LogP contribution in [0.5, 0.6) is 0 Å². The molecule has 212 valence electrons. The first kappa shape index (κ1) is 25.4. The average molecular weight is 578 g/mol. The van der Waals surface area contributed by atoms with Crippen molar-refractivity contribution in [1.29, 1.82) is 0 Å². The van der Waals surface area contributed by atoms with Crippen LogP contribution >= 0.6 is 0 Å². The van der Waals surface area contributed by atoms with Crippen molar-refractivity contribution in [3.05, 3.63) is 146 Å². The highest BCUT2D eigenvalue weighted by atomic mass is 15.1. The van der Waals surface area contributed by atoms with Crippen molar-refractivity contribution >= 4 is 43.7 Å². The van der Waals surface area contributed by atoms with Gasteiger partial charge in [-0.25, -0.2) is 9.97 Å². The summed E-state index contributed by atoms with van der Waals surface area (Å²) < 4.78 is 4.46. The monoisotopic (exact) mass is 577 g/mol. The van der Waals surface area contributed by atoms with Gasteiger partial charge in [0.2, 0.25) is 0 Å². The normalized spacial score (nSPS) is 11.7. The molecule has 0 fully saturated rings. The first-order valence-corrected chi connectivity index (χ1v) is 15.1. The van der Waals surface area contributed by atoms with Crippen molar-refractivity contribution in [2.24, 2.45) is 7.05 Å². The minimum Gasteiger partial charge on any atom is -0.327 e. The Morgan fingerprint density at radius 3 is 2.27 bits per heavy atom. The minimum atomic E-state index is 0.924.